The van der Waals surface area contributed by atoms with E-state index in [2.05, 4.69) is 15.3 Å². The lowest BCUT2D eigenvalue weighted by atomic mass is 10.3. The lowest BCUT2D eigenvalue weighted by Crippen LogP contribution is -2.22. The van der Waals surface area contributed by atoms with E-state index < -0.39 is 0 Å². The second kappa shape index (κ2) is 7.69. The fourth-order valence-corrected chi connectivity index (χ4v) is 3.09. The van der Waals surface area contributed by atoms with E-state index in [1.165, 1.54) is 0 Å². The SMILES string of the molecule is O=C(C=Cc1nc2ccccc2s1)NCCCCn1ccnc1. The smallest absolute Gasteiger partial charge is 0.244 e. The Labute approximate surface area is 138 Å². The maximum atomic E-state index is 11.8. The number of thiazole rings is 1. The molecule has 0 unspecified atom stereocenters. The molecule has 0 saturated carbocycles. The molecule has 1 N–H and O–H groups in total. The van der Waals surface area contributed by atoms with Gasteiger partial charge in [0.2, 0.25) is 5.91 Å². The van der Waals surface area contributed by atoms with Crippen LogP contribution in [0.3, 0.4) is 0 Å². The predicted octanol–water partition coefficient (Wildman–Crippen LogP) is 3.10. The quantitative estimate of drug-likeness (QED) is 0.536. The Bertz CT molecular complexity index is 759. The standard InChI is InChI=1S/C17H18N4OS/c22-16(19-9-3-4-11-21-12-10-18-13-21)7-8-17-20-14-5-1-2-6-15(14)23-17/h1-2,5-8,10,12-13H,3-4,9,11H2,(H,19,22). The topological polar surface area (TPSA) is 59.8 Å². The molecule has 2 aromatic heterocycles. The number of carbonyl (C=O) groups is 1. The number of para-hydroxylation sites is 1. The fraction of sp³-hybridized carbons (Fsp3) is 0.235. The summed E-state index contributed by atoms with van der Waals surface area (Å²) in [6, 6.07) is 7.96. The van der Waals surface area contributed by atoms with E-state index in [1.54, 1.807) is 36.0 Å². The van der Waals surface area contributed by atoms with Gasteiger partial charge in [-0.15, -0.1) is 11.3 Å². The van der Waals surface area contributed by atoms with Gasteiger partial charge in [-0.05, 0) is 31.1 Å². The molecule has 0 aliphatic carbocycles. The van der Waals surface area contributed by atoms with Crippen LogP contribution in [-0.4, -0.2) is 27.0 Å². The number of benzene rings is 1. The number of nitrogens with one attached hydrogen (secondary N) is 1. The first-order chi connectivity index (χ1) is 11.3. The van der Waals surface area contributed by atoms with E-state index in [1.807, 2.05) is 35.0 Å². The number of hydrogen-bond acceptors (Lipinski definition) is 4. The van der Waals surface area contributed by atoms with Crippen LogP contribution in [0, 0.1) is 0 Å². The molecule has 0 saturated heterocycles. The average Bonchev–Trinajstić information content (AvgIpc) is 3.21. The molecule has 1 amide bonds. The minimum absolute atomic E-state index is 0.0770. The van der Waals surface area contributed by atoms with Crippen LogP contribution in [0.15, 0.2) is 49.1 Å². The second-order valence-electron chi connectivity index (χ2n) is 5.15. The van der Waals surface area contributed by atoms with Crippen LogP contribution in [0.5, 0.6) is 0 Å². The monoisotopic (exact) mass is 326 g/mol. The van der Waals surface area contributed by atoms with Gasteiger partial charge in [-0.3, -0.25) is 4.79 Å². The number of aryl methyl sites for hydroxylation is 1. The molecule has 0 aliphatic rings. The van der Waals surface area contributed by atoms with Crippen molar-refractivity contribution in [2.24, 2.45) is 0 Å². The first kappa shape index (κ1) is 15.4. The summed E-state index contributed by atoms with van der Waals surface area (Å²) in [6.45, 7) is 1.61. The largest absolute Gasteiger partial charge is 0.353 e. The molecule has 3 rings (SSSR count). The molecular formula is C17H18N4OS. The molecule has 3 aromatic rings. The van der Waals surface area contributed by atoms with Gasteiger partial charge in [-0.1, -0.05) is 12.1 Å². The highest BCUT2D eigenvalue weighted by atomic mass is 32.1. The Hall–Kier alpha value is -2.47. The van der Waals surface area contributed by atoms with E-state index in [-0.39, 0.29) is 5.91 Å². The summed E-state index contributed by atoms with van der Waals surface area (Å²) < 4.78 is 3.17. The van der Waals surface area contributed by atoms with Crippen LogP contribution < -0.4 is 5.32 Å². The molecule has 1 aromatic carbocycles. The van der Waals surface area contributed by atoms with E-state index in [0.29, 0.717) is 6.54 Å². The Morgan fingerprint density at radius 3 is 3.04 bits per heavy atom. The third kappa shape index (κ3) is 4.50. The molecule has 0 bridgehead atoms. The Morgan fingerprint density at radius 1 is 1.30 bits per heavy atom. The highest BCUT2D eigenvalue weighted by molar-refractivity contribution is 7.19. The van der Waals surface area contributed by atoms with Crippen molar-refractivity contribution in [3.63, 3.8) is 0 Å². The van der Waals surface area contributed by atoms with Gasteiger partial charge in [0.1, 0.15) is 5.01 Å². The molecule has 5 nitrogen and oxygen atoms in total. The van der Waals surface area contributed by atoms with Crippen molar-refractivity contribution >= 4 is 33.5 Å². The molecule has 2 heterocycles. The summed E-state index contributed by atoms with van der Waals surface area (Å²) in [5, 5.41) is 3.74. The predicted molar refractivity (Wildman–Crippen MR) is 93.1 cm³/mol. The average molecular weight is 326 g/mol. The number of carbonyl (C=O) groups excluding carboxylic acids is 1. The molecule has 23 heavy (non-hydrogen) atoms. The first-order valence-corrected chi connectivity index (χ1v) is 8.40. The summed E-state index contributed by atoms with van der Waals surface area (Å²) in [5.41, 5.74) is 0.969. The molecular weight excluding hydrogens is 308 g/mol. The van der Waals surface area contributed by atoms with E-state index >= 15 is 0 Å². The number of imidazole rings is 1. The minimum atomic E-state index is -0.0770. The second-order valence-corrected chi connectivity index (χ2v) is 6.21. The summed E-state index contributed by atoms with van der Waals surface area (Å²) in [4.78, 5) is 20.3. The maximum absolute atomic E-state index is 11.8. The highest BCUT2D eigenvalue weighted by Crippen LogP contribution is 2.22. The maximum Gasteiger partial charge on any atom is 0.244 e. The van der Waals surface area contributed by atoms with Crippen LogP contribution in [0.4, 0.5) is 0 Å². The van der Waals surface area contributed by atoms with Gasteiger partial charge >= 0.3 is 0 Å². The molecule has 0 aliphatic heterocycles. The summed E-state index contributed by atoms with van der Waals surface area (Å²) in [5.74, 6) is -0.0770. The van der Waals surface area contributed by atoms with Crippen molar-refractivity contribution in [1.82, 2.24) is 19.9 Å². The molecule has 0 radical (unpaired) electrons. The van der Waals surface area contributed by atoms with Gasteiger partial charge < -0.3 is 9.88 Å². The van der Waals surface area contributed by atoms with E-state index in [9.17, 15) is 4.79 Å². The summed E-state index contributed by atoms with van der Waals surface area (Å²) >= 11 is 1.58. The van der Waals surface area contributed by atoms with Crippen LogP contribution in [-0.2, 0) is 11.3 Å². The van der Waals surface area contributed by atoms with Crippen molar-refractivity contribution in [2.45, 2.75) is 19.4 Å². The molecule has 6 heteroatoms. The Balaban J connectivity index is 1.40. The minimum Gasteiger partial charge on any atom is -0.353 e. The highest BCUT2D eigenvalue weighted by Gasteiger charge is 2.01. The van der Waals surface area contributed by atoms with Gasteiger partial charge in [0.15, 0.2) is 0 Å². The van der Waals surface area contributed by atoms with Crippen molar-refractivity contribution in [3.8, 4) is 0 Å². The van der Waals surface area contributed by atoms with Gasteiger partial charge in [-0.2, -0.15) is 0 Å². The Morgan fingerprint density at radius 2 is 2.22 bits per heavy atom. The number of amides is 1. The first-order valence-electron chi connectivity index (χ1n) is 7.58. The number of fused-ring (bicyclic) bond motifs is 1. The van der Waals surface area contributed by atoms with E-state index in [4.69, 9.17) is 0 Å². The van der Waals surface area contributed by atoms with Gasteiger partial charge in [0.25, 0.3) is 0 Å². The van der Waals surface area contributed by atoms with E-state index in [0.717, 1.165) is 34.6 Å². The number of hydrogen-bond donors (Lipinski definition) is 1. The van der Waals surface area contributed by atoms with Crippen molar-refractivity contribution in [1.29, 1.82) is 0 Å². The number of unbranched alkanes of at least 4 members (excludes halogenated alkanes) is 1. The molecule has 0 spiro atoms. The summed E-state index contributed by atoms with van der Waals surface area (Å²) in [6.07, 6.45) is 10.8. The third-order valence-corrected chi connectivity index (χ3v) is 4.39. The van der Waals surface area contributed by atoms with Crippen LogP contribution in [0.25, 0.3) is 16.3 Å². The van der Waals surface area contributed by atoms with Crippen molar-refractivity contribution < 1.29 is 4.79 Å². The fourth-order valence-electron chi connectivity index (χ4n) is 2.22. The van der Waals surface area contributed by atoms with Crippen LogP contribution in [0.1, 0.15) is 17.8 Å². The number of aromatic nitrogens is 3. The zero-order valence-electron chi connectivity index (χ0n) is 12.7. The number of nitrogens with zero attached hydrogens (tertiary/aromatic N) is 3. The third-order valence-electron chi connectivity index (χ3n) is 3.39. The van der Waals surface area contributed by atoms with Crippen molar-refractivity contribution in [3.05, 3.63) is 54.1 Å². The van der Waals surface area contributed by atoms with Crippen LogP contribution >= 0.6 is 11.3 Å². The zero-order chi connectivity index (χ0) is 15.9. The Kier molecular flexibility index (Phi) is 5.16. The zero-order valence-corrected chi connectivity index (χ0v) is 13.5. The van der Waals surface area contributed by atoms with Gasteiger partial charge in [0, 0.05) is 31.6 Å². The van der Waals surface area contributed by atoms with Gasteiger partial charge in [-0.25, -0.2) is 9.97 Å². The lowest BCUT2D eigenvalue weighted by Gasteiger charge is -2.03. The molecule has 118 valence electrons. The lowest BCUT2D eigenvalue weighted by molar-refractivity contribution is -0.116. The van der Waals surface area contributed by atoms with Crippen LogP contribution in [0.2, 0.25) is 0 Å². The molecule has 0 fully saturated rings. The van der Waals surface area contributed by atoms with Gasteiger partial charge in [0.05, 0.1) is 16.5 Å². The summed E-state index contributed by atoms with van der Waals surface area (Å²) in [7, 11) is 0. The molecule has 0 atom stereocenters. The number of rotatable bonds is 7. The van der Waals surface area contributed by atoms with Crippen molar-refractivity contribution in [2.75, 3.05) is 6.54 Å². The normalized spacial score (nSPS) is 11.3.